The predicted octanol–water partition coefficient (Wildman–Crippen LogP) is 13.8. The number of H-pyrrole nitrogens is 1. The molecule has 0 aliphatic rings. The van der Waals surface area contributed by atoms with Crippen molar-refractivity contribution in [2.45, 2.75) is 6.92 Å². The SMILES string of the molecule is Cc1cc2c([nH]c3ccccc32)c(-c2ccccc2)c1-c1cccc(-c2c3ccccc3c(-c3ccc4ccccc4c3)c3ccccc23)c1. The molecule has 10 rings (SSSR count). The van der Waals surface area contributed by atoms with E-state index in [1.54, 1.807) is 0 Å². The number of hydrogen-bond donors (Lipinski definition) is 1. The van der Waals surface area contributed by atoms with Crippen LogP contribution in [0, 0.1) is 6.92 Å². The van der Waals surface area contributed by atoms with Crippen molar-refractivity contribution in [3.63, 3.8) is 0 Å². The van der Waals surface area contributed by atoms with Crippen molar-refractivity contribution in [1.82, 2.24) is 4.98 Å². The Bertz CT molecular complexity index is 2870. The molecule has 0 saturated heterocycles. The lowest BCUT2D eigenvalue weighted by Crippen LogP contribution is -1.94. The first-order valence-electron chi connectivity index (χ1n) is 17.4. The fraction of sp³-hybridized carbons (Fsp3) is 0.0204. The third kappa shape index (κ3) is 4.41. The molecule has 234 valence electrons. The monoisotopic (exact) mass is 635 g/mol. The van der Waals surface area contributed by atoms with Crippen LogP contribution in [0.15, 0.2) is 176 Å². The summed E-state index contributed by atoms with van der Waals surface area (Å²) in [5.74, 6) is 0. The molecule has 0 fully saturated rings. The highest BCUT2D eigenvalue weighted by atomic mass is 14.7. The zero-order valence-corrected chi connectivity index (χ0v) is 27.7. The molecule has 1 N–H and O–H groups in total. The van der Waals surface area contributed by atoms with Crippen LogP contribution in [-0.2, 0) is 0 Å². The third-order valence-corrected chi connectivity index (χ3v) is 10.5. The minimum atomic E-state index is 1.16. The lowest BCUT2D eigenvalue weighted by Gasteiger charge is -2.19. The van der Waals surface area contributed by atoms with Gasteiger partial charge in [-0.2, -0.15) is 0 Å². The second-order valence-corrected chi connectivity index (χ2v) is 13.4. The summed E-state index contributed by atoms with van der Waals surface area (Å²) in [7, 11) is 0. The molecule has 10 aromatic rings. The maximum absolute atomic E-state index is 3.81. The molecule has 0 aliphatic heterocycles. The fourth-order valence-electron chi connectivity index (χ4n) is 8.31. The first kappa shape index (κ1) is 28.6. The standard InChI is InChI=1S/C49H33N/c1-31-28-43-38-20-11-12-25-44(38)50-49(43)48(33-15-3-2-4-16-33)45(31)35-18-13-19-36(30-35)46-39-21-7-9-23-41(39)47(42-24-10-8-22-40(42)46)37-27-26-32-14-5-6-17-34(32)29-37/h2-30,50H,1H3. The fourth-order valence-corrected chi connectivity index (χ4v) is 8.31. The Hall–Kier alpha value is -6.44. The lowest BCUT2D eigenvalue weighted by atomic mass is 9.84. The van der Waals surface area contributed by atoms with E-state index in [0.29, 0.717) is 0 Å². The highest BCUT2D eigenvalue weighted by Gasteiger charge is 2.21. The third-order valence-electron chi connectivity index (χ3n) is 10.5. The molecule has 0 radical (unpaired) electrons. The summed E-state index contributed by atoms with van der Waals surface area (Å²) < 4.78 is 0. The van der Waals surface area contributed by atoms with Gasteiger partial charge in [0.2, 0.25) is 0 Å². The zero-order valence-electron chi connectivity index (χ0n) is 27.7. The second kappa shape index (κ2) is 11.3. The van der Waals surface area contributed by atoms with Crippen LogP contribution in [-0.4, -0.2) is 4.98 Å². The number of para-hydroxylation sites is 1. The lowest BCUT2D eigenvalue weighted by molar-refractivity contribution is 1.46. The van der Waals surface area contributed by atoms with Crippen LogP contribution >= 0.6 is 0 Å². The van der Waals surface area contributed by atoms with E-state index in [0.717, 1.165) is 5.52 Å². The van der Waals surface area contributed by atoms with Crippen molar-refractivity contribution in [2.75, 3.05) is 0 Å². The van der Waals surface area contributed by atoms with E-state index in [4.69, 9.17) is 0 Å². The molecule has 0 spiro atoms. The number of rotatable bonds is 4. The summed E-state index contributed by atoms with van der Waals surface area (Å²) in [6, 6.07) is 64.4. The second-order valence-electron chi connectivity index (χ2n) is 13.4. The van der Waals surface area contributed by atoms with E-state index >= 15 is 0 Å². The molecule has 0 amide bonds. The largest absolute Gasteiger partial charge is 0.354 e. The molecule has 50 heavy (non-hydrogen) atoms. The summed E-state index contributed by atoms with van der Waals surface area (Å²) >= 11 is 0. The van der Waals surface area contributed by atoms with Crippen molar-refractivity contribution >= 4 is 54.1 Å². The predicted molar refractivity (Wildman–Crippen MR) is 215 cm³/mol. The number of nitrogens with one attached hydrogen (secondary N) is 1. The van der Waals surface area contributed by atoms with E-state index in [9.17, 15) is 0 Å². The molecule has 1 nitrogen and oxygen atoms in total. The molecule has 0 saturated carbocycles. The average Bonchev–Trinajstić information content (AvgIpc) is 3.54. The molecule has 0 atom stereocenters. The minimum absolute atomic E-state index is 1.16. The average molecular weight is 636 g/mol. The number of aryl methyl sites for hydroxylation is 1. The number of hydrogen-bond acceptors (Lipinski definition) is 0. The first-order chi connectivity index (χ1) is 24.7. The van der Waals surface area contributed by atoms with Crippen LogP contribution in [0.1, 0.15) is 5.56 Å². The molecule has 0 unspecified atom stereocenters. The summed E-state index contributed by atoms with van der Waals surface area (Å²) in [5.41, 5.74) is 13.6. The highest BCUT2D eigenvalue weighted by molar-refractivity contribution is 6.22. The van der Waals surface area contributed by atoms with Gasteiger partial charge in [-0.05, 0) is 108 Å². The van der Waals surface area contributed by atoms with Gasteiger partial charge in [0.05, 0.1) is 5.52 Å². The smallest absolute Gasteiger partial charge is 0.0551 e. The van der Waals surface area contributed by atoms with E-state index in [2.05, 4.69) is 188 Å². The molecule has 1 heterocycles. The van der Waals surface area contributed by atoms with Gasteiger partial charge < -0.3 is 4.98 Å². The van der Waals surface area contributed by atoms with Crippen LogP contribution in [0.25, 0.3) is 98.6 Å². The minimum Gasteiger partial charge on any atom is -0.354 e. The van der Waals surface area contributed by atoms with E-state index < -0.39 is 0 Å². The van der Waals surface area contributed by atoms with Gasteiger partial charge in [-0.25, -0.2) is 0 Å². The normalized spacial score (nSPS) is 11.7. The molecular formula is C49H33N. The van der Waals surface area contributed by atoms with Gasteiger partial charge in [-0.1, -0.05) is 152 Å². The van der Waals surface area contributed by atoms with Crippen molar-refractivity contribution in [2.24, 2.45) is 0 Å². The van der Waals surface area contributed by atoms with Gasteiger partial charge in [0, 0.05) is 21.9 Å². The molecule has 1 heteroatoms. The Morgan fingerprint density at radius 1 is 0.320 bits per heavy atom. The maximum Gasteiger partial charge on any atom is 0.0551 e. The van der Waals surface area contributed by atoms with Crippen LogP contribution in [0.4, 0.5) is 0 Å². The first-order valence-corrected chi connectivity index (χ1v) is 17.4. The van der Waals surface area contributed by atoms with Crippen LogP contribution in [0.5, 0.6) is 0 Å². The van der Waals surface area contributed by atoms with Gasteiger partial charge in [0.25, 0.3) is 0 Å². The van der Waals surface area contributed by atoms with Gasteiger partial charge >= 0.3 is 0 Å². The Morgan fingerprint density at radius 3 is 1.52 bits per heavy atom. The molecule has 0 bridgehead atoms. The quantitative estimate of drug-likeness (QED) is 0.185. The zero-order chi connectivity index (χ0) is 33.2. The van der Waals surface area contributed by atoms with Crippen molar-refractivity contribution in [1.29, 1.82) is 0 Å². The highest BCUT2D eigenvalue weighted by Crippen LogP contribution is 2.47. The molecule has 9 aromatic carbocycles. The van der Waals surface area contributed by atoms with Crippen molar-refractivity contribution < 1.29 is 0 Å². The van der Waals surface area contributed by atoms with E-state index in [-0.39, 0.29) is 0 Å². The Balaban J connectivity index is 1.25. The summed E-state index contributed by atoms with van der Waals surface area (Å²) in [6.45, 7) is 2.26. The van der Waals surface area contributed by atoms with Gasteiger partial charge in [-0.3, -0.25) is 0 Å². The van der Waals surface area contributed by atoms with Crippen LogP contribution in [0.3, 0.4) is 0 Å². The number of aromatic nitrogens is 1. The van der Waals surface area contributed by atoms with E-state index in [1.165, 1.54) is 98.7 Å². The summed E-state index contributed by atoms with van der Waals surface area (Å²) in [5, 5.41) is 10.1. The number of benzene rings is 9. The topological polar surface area (TPSA) is 15.8 Å². The molecule has 1 aromatic heterocycles. The van der Waals surface area contributed by atoms with Crippen molar-refractivity contribution in [3.8, 4) is 44.5 Å². The van der Waals surface area contributed by atoms with Crippen molar-refractivity contribution in [3.05, 3.63) is 181 Å². The maximum atomic E-state index is 3.81. The van der Waals surface area contributed by atoms with Gasteiger partial charge in [0.15, 0.2) is 0 Å². The van der Waals surface area contributed by atoms with E-state index in [1.807, 2.05) is 0 Å². The summed E-state index contributed by atoms with van der Waals surface area (Å²) in [4.78, 5) is 3.81. The van der Waals surface area contributed by atoms with Gasteiger partial charge in [0.1, 0.15) is 0 Å². The molecule has 0 aliphatic carbocycles. The Kier molecular flexibility index (Phi) is 6.47. The Labute approximate surface area is 291 Å². The van der Waals surface area contributed by atoms with Gasteiger partial charge in [-0.15, -0.1) is 0 Å². The summed E-state index contributed by atoms with van der Waals surface area (Å²) in [6.07, 6.45) is 0. The number of aromatic amines is 1. The van der Waals surface area contributed by atoms with Crippen LogP contribution < -0.4 is 0 Å². The molecular weight excluding hydrogens is 603 g/mol. The number of fused-ring (bicyclic) bond motifs is 6. The van der Waals surface area contributed by atoms with Crippen LogP contribution in [0.2, 0.25) is 0 Å². The Morgan fingerprint density at radius 2 is 0.840 bits per heavy atom.